The molecule has 13 nitrogen and oxygen atoms in total. The summed E-state index contributed by atoms with van der Waals surface area (Å²) in [7, 11) is 0. The molecule has 0 bridgehead atoms. The maximum Gasteiger partial charge on any atom is 0.411 e. The maximum absolute atomic E-state index is 14.4. The number of amides is 2. The zero-order valence-corrected chi connectivity index (χ0v) is 22.2. The Morgan fingerprint density at radius 3 is 2.50 bits per heavy atom. The number of carboxylic acids is 1. The molecule has 6 atom stereocenters. The van der Waals surface area contributed by atoms with Gasteiger partial charge < -0.3 is 35.8 Å². The van der Waals surface area contributed by atoms with E-state index in [4.69, 9.17) is 20.3 Å². The van der Waals surface area contributed by atoms with Gasteiger partial charge in [0.2, 0.25) is 12.1 Å². The van der Waals surface area contributed by atoms with Gasteiger partial charge in [0, 0.05) is 12.3 Å². The zero-order valence-electron chi connectivity index (χ0n) is 22.2. The molecule has 1 saturated carbocycles. The highest BCUT2D eigenvalue weighted by molar-refractivity contribution is 5.90. The lowest BCUT2D eigenvalue weighted by molar-refractivity contribution is -0.151. The number of hydrogen-bond donors (Lipinski definition) is 6. The Bertz CT molecular complexity index is 1140. The third kappa shape index (κ3) is 6.77. The minimum absolute atomic E-state index is 0.172. The minimum atomic E-state index is -3.88. The monoisotopic (exact) mass is 574 g/mol. The molecule has 40 heavy (non-hydrogen) atoms. The summed E-state index contributed by atoms with van der Waals surface area (Å²) in [6.45, 7) is 1.52. The van der Waals surface area contributed by atoms with Gasteiger partial charge in [-0.25, -0.2) is 9.59 Å². The quantitative estimate of drug-likeness (QED) is 0.233. The zero-order chi connectivity index (χ0) is 29.8. The van der Waals surface area contributed by atoms with E-state index in [1.807, 2.05) is 0 Å². The molecule has 2 unspecified atom stereocenters. The standard InChI is InChI=1S/C25H36F2N4O9/c1-13(24(2,22(36)37)30-20(35)16(28)10-14-6-4-3-5-7-14)39-23(38)29-15-8-9-31(18(33)11-15)21-25(26,27)19(34)17(12-32)40-21/h8-9,11,13-14,16-17,19,21,32,34H,3-7,10,12,28H2,1-2H3,(H,29,38)(H,30,35)(H,36,37)/t13-,16?,17-,19-,21?,24-/m1/s1. The van der Waals surface area contributed by atoms with Gasteiger partial charge in [-0.15, -0.1) is 0 Å². The van der Waals surface area contributed by atoms with Gasteiger partial charge in [0.15, 0.2) is 11.6 Å². The highest BCUT2D eigenvalue weighted by atomic mass is 19.3. The summed E-state index contributed by atoms with van der Waals surface area (Å²) < 4.78 is 39.3. The van der Waals surface area contributed by atoms with E-state index in [9.17, 15) is 38.2 Å². The molecule has 2 aliphatic rings. The number of aliphatic hydroxyl groups is 2. The highest BCUT2D eigenvalue weighted by Crippen LogP contribution is 2.42. The Hall–Kier alpha value is -3.14. The number of carbonyl (C=O) groups excluding carboxylic acids is 2. The number of alkyl halides is 2. The molecule has 15 heteroatoms. The molecule has 224 valence electrons. The van der Waals surface area contributed by atoms with Crippen molar-refractivity contribution in [3.05, 3.63) is 28.7 Å². The number of nitrogens with zero attached hydrogens (tertiary/aromatic N) is 1. The van der Waals surface area contributed by atoms with Gasteiger partial charge in [-0.3, -0.25) is 19.5 Å². The van der Waals surface area contributed by atoms with Crippen molar-refractivity contribution in [2.45, 2.75) is 94.4 Å². The number of halogens is 2. The van der Waals surface area contributed by atoms with E-state index < -0.39 is 72.2 Å². The maximum atomic E-state index is 14.4. The van der Waals surface area contributed by atoms with Crippen LogP contribution in [0.25, 0.3) is 0 Å². The Kier molecular flexibility index (Phi) is 9.87. The number of hydrogen-bond acceptors (Lipinski definition) is 9. The van der Waals surface area contributed by atoms with Gasteiger partial charge in [0.1, 0.15) is 12.2 Å². The van der Waals surface area contributed by atoms with Crippen molar-refractivity contribution in [1.82, 2.24) is 9.88 Å². The molecule has 2 amide bonds. The van der Waals surface area contributed by atoms with Gasteiger partial charge in [-0.2, -0.15) is 8.78 Å². The fourth-order valence-corrected chi connectivity index (χ4v) is 4.87. The van der Waals surface area contributed by atoms with E-state index in [1.54, 1.807) is 0 Å². The van der Waals surface area contributed by atoms with Crippen molar-refractivity contribution < 1.29 is 48.0 Å². The molecule has 1 aromatic heterocycles. The number of rotatable bonds is 10. The molecular weight excluding hydrogens is 538 g/mol. The second-order valence-corrected chi connectivity index (χ2v) is 10.5. The van der Waals surface area contributed by atoms with Crippen LogP contribution in [0.1, 0.15) is 58.6 Å². The number of nitrogens with one attached hydrogen (secondary N) is 2. The first-order valence-electron chi connectivity index (χ1n) is 13.0. The summed E-state index contributed by atoms with van der Waals surface area (Å²) in [5.41, 5.74) is 2.78. The number of nitrogens with two attached hydrogens (primary N) is 1. The number of ether oxygens (including phenoxy) is 2. The number of carboxylic acid groups (broad SMARTS) is 1. The van der Waals surface area contributed by atoms with Gasteiger partial charge in [0.05, 0.1) is 18.3 Å². The summed E-state index contributed by atoms with van der Waals surface area (Å²) in [6, 6.07) is 0.916. The van der Waals surface area contributed by atoms with Crippen LogP contribution in [0.3, 0.4) is 0 Å². The van der Waals surface area contributed by atoms with Crippen LogP contribution >= 0.6 is 0 Å². The Labute approximate surface area is 228 Å². The lowest BCUT2D eigenvalue weighted by Crippen LogP contribution is -2.63. The van der Waals surface area contributed by atoms with Crippen molar-refractivity contribution in [2.75, 3.05) is 11.9 Å². The number of aromatic nitrogens is 1. The summed E-state index contributed by atoms with van der Waals surface area (Å²) in [6.07, 6.45) is -2.31. The average molecular weight is 575 g/mol. The Balaban J connectivity index is 1.63. The van der Waals surface area contributed by atoms with Gasteiger partial charge in [0.25, 0.3) is 5.56 Å². The number of carbonyl (C=O) groups is 3. The predicted molar refractivity (Wildman–Crippen MR) is 136 cm³/mol. The van der Waals surface area contributed by atoms with Crippen molar-refractivity contribution in [3.8, 4) is 0 Å². The third-order valence-electron chi connectivity index (χ3n) is 7.58. The van der Waals surface area contributed by atoms with E-state index in [-0.39, 0.29) is 11.6 Å². The number of pyridine rings is 1. The lowest BCUT2D eigenvalue weighted by Gasteiger charge is -2.33. The molecule has 0 aromatic carbocycles. The Morgan fingerprint density at radius 1 is 1.30 bits per heavy atom. The molecule has 1 aliphatic carbocycles. The highest BCUT2D eigenvalue weighted by Gasteiger charge is 2.59. The molecule has 1 saturated heterocycles. The summed E-state index contributed by atoms with van der Waals surface area (Å²) in [4.78, 5) is 49.7. The van der Waals surface area contributed by atoms with Crippen molar-refractivity contribution in [2.24, 2.45) is 11.7 Å². The first kappa shape index (κ1) is 31.4. The van der Waals surface area contributed by atoms with Crippen LogP contribution in [0.15, 0.2) is 23.1 Å². The van der Waals surface area contributed by atoms with Gasteiger partial charge >= 0.3 is 18.0 Å². The fourth-order valence-electron chi connectivity index (χ4n) is 4.87. The number of aliphatic hydroxyl groups excluding tert-OH is 2. The van der Waals surface area contributed by atoms with E-state index in [2.05, 4.69) is 10.6 Å². The SMILES string of the molecule is C[C@@H](OC(=O)Nc1ccn(C2O[C@H](CO)[C@@H](O)C2(F)F)c(=O)c1)[C@@](C)(NC(=O)C(N)CC1CCCCC1)C(=O)O. The van der Waals surface area contributed by atoms with Crippen LogP contribution in [0.2, 0.25) is 0 Å². The average Bonchev–Trinajstić information content (AvgIpc) is 3.12. The largest absolute Gasteiger partial charge is 0.479 e. The minimum Gasteiger partial charge on any atom is -0.479 e. The van der Waals surface area contributed by atoms with E-state index in [0.29, 0.717) is 11.0 Å². The second kappa shape index (κ2) is 12.6. The van der Waals surface area contributed by atoms with Gasteiger partial charge in [-0.05, 0) is 32.3 Å². The van der Waals surface area contributed by atoms with Crippen LogP contribution in [-0.4, -0.2) is 80.3 Å². The molecular formula is C25H36F2N4O9. The summed E-state index contributed by atoms with van der Waals surface area (Å²) >= 11 is 0. The predicted octanol–water partition coefficient (Wildman–Crippen LogP) is 0.928. The first-order valence-corrected chi connectivity index (χ1v) is 13.0. The first-order chi connectivity index (χ1) is 18.7. The third-order valence-corrected chi connectivity index (χ3v) is 7.58. The smallest absolute Gasteiger partial charge is 0.411 e. The van der Waals surface area contributed by atoms with Crippen molar-refractivity contribution in [3.63, 3.8) is 0 Å². The molecule has 2 fully saturated rings. The van der Waals surface area contributed by atoms with Crippen LogP contribution < -0.4 is 21.9 Å². The Morgan fingerprint density at radius 2 is 1.95 bits per heavy atom. The molecule has 2 heterocycles. The number of anilines is 1. The molecule has 0 radical (unpaired) electrons. The lowest BCUT2D eigenvalue weighted by atomic mass is 9.84. The number of aliphatic carboxylic acids is 1. The molecule has 0 spiro atoms. The van der Waals surface area contributed by atoms with E-state index >= 15 is 0 Å². The van der Waals surface area contributed by atoms with Crippen LogP contribution in [-0.2, 0) is 19.1 Å². The second-order valence-electron chi connectivity index (χ2n) is 10.5. The van der Waals surface area contributed by atoms with Crippen LogP contribution in [0.4, 0.5) is 19.3 Å². The molecule has 7 N–H and O–H groups in total. The van der Waals surface area contributed by atoms with Crippen molar-refractivity contribution >= 4 is 23.7 Å². The molecule has 3 rings (SSSR count). The van der Waals surface area contributed by atoms with E-state index in [1.165, 1.54) is 6.92 Å². The van der Waals surface area contributed by atoms with Gasteiger partial charge in [-0.1, -0.05) is 32.1 Å². The van der Waals surface area contributed by atoms with Crippen LogP contribution in [0.5, 0.6) is 0 Å². The van der Waals surface area contributed by atoms with Crippen LogP contribution in [0, 0.1) is 5.92 Å². The molecule has 1 aromatic rings. The van der Waals surface area contributed by atoms with E-state index in [0.717, 1.165) is 57.4 Å². The summed E-state index contributed by atoms with van der Waals surface area (Å²) in [5.74, 6) is -5.79. The molecule has 1 aliphatic heterocycles. The normalized spacial score (nSPS) is 25.8. The summed E-state index contributed by atoms with van der Waals surface area (Å²) in [5, 5.41) is 33.2. The topological polar surface area (TPSA) is 202 Å². The fraction of sp³-hybridized carbons (Fsp3) is 0.680. The van der Waals surface area contributed by atoms with Crippen molar-refractivity contribution in [1.29, 1.82) is 0 Å².